The molecule has 5 nitrogen and oxygen atoms in total. The van der Waals surface area contributed by atoms with Crippen LogP contribution in [0.1, 0.15) is 41.0 Å². The summed E-state index contributed by atoms with van der Waals surface area (Å²) in [5.41, 5.74) is 0.902. The molecule has 2 unspecified atom stereocenters. The standard InChI is InChI=1S/C16H30N2O3/c1-12(13(2)20-6)17-11-14-7-9-18(10-8-14)15(19)21-16(3,4)5/h7,12-13,17H,8-11H2,1-6H3. The zero-order valence-corrected chi connectivity index (χ0v) is 14.2. The van der Waals surface area contributed by atoms with Crippen molar-refractivity contribution in [1.29, 1.82) is 0 Å². The van der Waals surface area contributed by atoms with Crippen LogP contribution in [0.15, 0.2) is 11.6 Å². The van der Waals surface area contributed by atoms with Crippen molar-refractivity contribution in [3.63, 3.8) is 0 Å². The van der Waals surface area contributed by atoms with Gasteiger partial charge in [0.1, 0.15) is 5.60 Å². The predicted octanol–water partition coefficient (Wildman–Crippen LogP) is 2.57. The average Bonchev–Trinajstić information content (AvgIpc) is 2.42. The second-order valence-corrected chi connectivity index (χ2v) is 6.65. The molecule has 5 heteroatoms. The maximum atomic E-state index is 12.0. The van der Waals surface area contributed by atoms with Crippen LogP contribution >= 0.6 is 0 Å². The van der Waals surface area contributed by atoms with Crippen molar-refractivity contribution in [3.8, 4) is 0 Å². The number of amides is 1. The Morgan fingerprint density at radius 3 is 2.57 bits per heavy atom. The van der Waals surface area contributed by atoms with E-state index in [1.54, 1.807) is 12.0 Å². The summed E-state index contributed by atoms with van der Waals surface area (Å²) in [5, 5.41) is 3.46. The van der Waals surface area contributed by atoms with Gasteiger partial charge in [0.2, 0.25) is 0 Å². The lowest BCUT2D eigenvalue weighted by Gasteiger charge is -2.30. The molecule has 21 heavy (non-hydrogen) atoms. The van der Waals surface area contributed by atoms with Gasteiger partial charge in [-0.25, -0.2) is 4.79 Å². The number of hydrogen-bond donors (Lipinski definition) is 1. The molecule has 1 aliphatic heterocycles. The Morgan fingerprint density at radius 2 is 2.10 bits per heavy atom. The van der Waals surface area contributed by atoms with Crippen molar-refractivity contribution in [2.24, 2.45) is 0 Å². The van der Waals surface area contributed by atoms with Crippen molar-refractivity contribution in [2.75, 3.05) is 26.7 Å². The first-order valence-corrected chi connectivity index (χ1v) is 7.65. The summed E-state index contributed by atoms with van der Waals surface area (Å²) >= 11 is 0. The molecule has 0 aromatic carbocycles. The van der Waals surface area contributed by atoms with Crippen LogP contribution in [-0.2, 0) is 9.47 Å². The van der Waals surface area contributed by atoms with E-state index in [1.165, 1.54) is 5.57 Å². The van der Waals surface area contributed by atoms with Crippen LogP contribution < -0.4 is 5.32 Å². The average molecular weight is 298 g/mol. The summed E-state index contributed by atoms with van der Waals surface area (Å²) in [7, 11) is 1.72. The van der Waals surface area contributed by atoms with Gasteiger partial charge < -0.3 is 19.7 Å². The minimum absolute atomic E-state index is 0.187. The highest BCUT2D eigenvalue weighted by Crippen LogP contribution is 2.15. The van der Waals surface area contributed by atoms with Gasteiger partial charge >= 0.3 is 6.09 Å². The minimum atomic E-state index is -0.436. The Labute approximate surface area is 128 Å². The van der Waals surface area contributed by atoms with E-state index in [2.05, 4.69) is 25.2 Å². The molecule has 0 aromatic heterocycles. The van der Waals surface area contributed by atoms with E-state index < -0.39 is 5.60 Å². The Morgan fingerprint density at radius 1 is 1.43 bits per heavy atom. The van der Waals surface area contributed by atoms with Crippen LogP contribution in [0.2, 0.25) is 0 Å². The lowest BCUT2D eigenvalue weighted by Crippen LogP contribution is -2.41. The Hall–Kier alpha value is -1.07. The van der Waals surface area contributed by atoms with Gasteiger partial charge in [0, 0.05) is 32.8 Å². The highest BCUT2D eigenvalue weighted by Gasteiger charge is 2.23. The Kier molecular flexibility index (Phi) is 6.68. The fourth-order valence-corrected chi connectivity index (χ4v) is 2.03. The topological polar surface area (TPSA) is 50.8 Å². The molecule has 2 atom stereocenters. The molecule has 122 valence electrons. The molecule has 1 amide bonds. The predicted molar refractivity (Wildman–Crippen MR) is 84.4 cm³/mol. The smallest absolute Gasteiger partial charge is 0.410 e. The van der Waals surface area contributed by atoms with Crippen molar-refractivity contribution < 1.29 is 14.3 Å². The second-order valence-electron chi connectivity index (χ2n) is 6.65. The third-order valence-corrected chi connectivity index (χ3v) is 3.68. The summed E-state index contributed by atoms with van der Waals surface area (Å²) in [4.78, 5) is 13.7. The number of methoxy groups -OCH3 is 1. The molecule has 0 saturated carbocycles. The number of nitrogens with one attached hydrogen (secondary N) is 1. The molecule has 0 bridgehead atoms. The lowest BCUT2D eigenvalue weighted by molar-refractivity contribution is 0.0265. The van der Waals surface area contributed by atoms with Crippen molar-refractivity contribution >= 4 is 6.09 Å². The quantitative estimate of drug-likeness (QED) is 0.793. The third-order valence-electron chi connectivity index (χ3n) is 3.68. The number of carbonyl (C=O) groups excluding carboxylic acids is 1. The van der Waals surface area contributed by atoms with Gasteiger partial charge in [-0.05, 0) is 41.0 Å². The molecule has 0 aromatic rings. The molecule has 0 saturated heterocycles. The molecular formula is C16H30N2O3. The number of hydrogen-bond acceptors (Lipinski definition) is 4. The highest BCUT2D eigenvalue weighted by atomic mass is 16.6. The van der Waals surface area contributed by atoms with Gasteiger partial charge in [-0.3, -0.25) is 0 Å². The van der Waals surface area contributed by atoms with Gasteiger partial charge in [0.05, 0.1) is 6.10 Å². The lowest BCUT2D eigenvalue weighted by atomic mass is 10.1. The number of ether oxygens (including phenoxy) is 2. The van der Waals surface area contributed by atoms with Crippen LogP contribution in [0.25, 0.3) is 0 Å². The summed E-state index contributed by atoms with van der Waals surface area (Å²) in [6.45, 7) is 12.0. The van der Waals surface area contributed by atoms with E-state index in [1.807, 2.05) is 20.8 Å². The monoisotopic (exact) mass is 298 g/mol. The summed E-state index contributed by atoms with van der Waals surface area (Å²) in [6.07, 6.45) is 2.96. The first-order valence-electron chi connectivity index (χ1n) is 7.65. The number of rotatable bonds is 5. The van der Waals surface area contributed by atoms with Gasteiger partial charge in [-0.15, -0.1) is 0 Å². The number of carbonyl (C=O) groups is 1. The zero-order chi connectivity index (χ0) is 16.0. The maximum Gasteiger partial charge on any atom is 0.410 e. The van der Waals surface area contributed by atoms with Gasteiger partial charge in [-0.2, -0.15) is 0 Å². The maximum absolute atomic E-state index is 12.0. The molecule has 1 aliphatic rings. The van der Waals surface area contributed by atoms with Crippen molar-refractivity contribution in [3.05, 3.63) is 11.6 Å². The van der Waals surface area contributed by atoms with Crippen LogP contribution in [-0.4, -0.2) is 55.5 Å². The first kappa shape index (κ1) is 18.0. The van der Waals surface area contributed by atoms with E-state index in [-0.39, 0.29) is 12.2 Å². The molecule has 1 N–H and O–H groups in total. The molecule has 0 fully saturated rings. The van der Waals surface area contributed by atoms with E-state index in [0.717, 1.165) is 19.5 Å². The molecule has 0 spiro atoms. The van der Waals surface area contributed by atoms with Crippen LogP contribution in [0, 0.1) is 0 Å². The highest BCUT2D eigenvalue weighted by molar-refractivity contribution is 5.68. The van der Waals surface area contributed by atoms with E-state index in [9.17, 15) is 4.79 Å². The first-order chi connectivity index (χ1) is 9.73. The van der Waals surface area contributed by atoms with E-state index in [4.69, 9.17) is 9.47 Å². The second kappa shape index (κ2) is 7.80. The van der Waals surface area contributed by atoms with Crippen molar-refractivity contribution in [2.45, 2.75) is 58.8 Å². The fourth-order valence-electron chi connectivity index (χ4n) is 2.03. The molecule has 1 rings (SSSR count). The van der Waals surface area contributed by atoms with Crippen LogP contribution in [0.5, 0.6) is 0 Å². The van der Waals surface area contributed by atoms with Gasteiger partial charge in [0.15, 0.2) is 0 Å². The molecular weight excluding hydrogens is 268 g/mol. The summed E-state index contributed by atoms with van der Waals surface area (Å²) in [6, 6.07) is 0.305. The fraction of sp³-hybridized carbons (Fsp3) is 0.812. The SMILES string of the molecule is COC(C)C(C)NCC1=CCN(C(=O)OC(C)(C)C)CC1. The third kappa shape index (κ3) is 6.48. The molecule has 1 heterocycles. The largest absolute Gasteiger partial charge is 0.444 e. The zero-order valence-electron chi connectivity index (χ0n) is 14.2. The minimum Gasteiger partial charge on any atom is -0.444 e. The van der Waals surface area contributed by atoms with Gasteiger partial charge in [-0.1, -0.05) is 11.6 Å². The molecule has 0 aliphatic carbocycles. The number of nitrogens with zero attached hydrogens (tertiary/aromatic N) is 1. The van der Waals surface area contributed by atoms with E-state index >= 15 is 0 Å². The normalized spacial score (nSPS) is 19.0. The summed E-state index contributed by atoms with van der Waals surface area (Å²) < 4.78 is 10.7. The van der Waals surface area contributed by atoms with Crippen molar-refractivity contribution in [1.82, 2.24) is 10.2 Å². The van der Waals surface area contributed by atoms with Crippen LogP contribution in [0.4, 0.5) is 4.79 Å². The Bertz CT molecular complexity index is 374. The van der Waals surface area contributed by atoms with E-state index in [0.29, 0.717) is 12.6 Å². The van der Waals surface area contributed by atoms with Crippen LogP contribution in [0.3, 0.4) is 0 Å². The Balaban J connectivity index is 2.39. The molecule has 0 radical (unpaired) electrons. The van der Waals surface area contributed by atoms with Gasteiger partial charge in [0.25, 0.3) is 0 Å². The summed E-state index contributed by atoms with van der Waals surface area (Å²) in [5.74, 6) is 0.